The second-order valence-electron chi connectivity index (χ2n) is 11.4. The van der Waals surface area contributed by atoms with Crippen molar-refractivity contribution >= 4 is 22.6 Å². The lowest BCUT2D eigenvalue weighted by Crippen LogP contribution is -2.47. The monoisotopic (exact) mass is 416 g/mol. The molecule has 4 atom stereocenters. The molecule has 4 nitrogen and oxygen atoms in total. The molecule has 0 aromatic carbocycles. The Balaban J connectivity index is 3.05. The highest BCUT2D eigenvalue weighted by atomic mass is 28.4. The zero-order valence-electron chi connectivity index (χ0n) is 19.9. The molecule has 0 unspecified atom stereocenters. The molecule has 0 heterocycles. The summed E-state index contributed by atoms with van der Waals surface area (Å²) in [5.41, 5.74) is 0. The molecule has 1 saturated carbocycles. The van der Waals surface area contributed by atoms with Gasteiger partial charge in [0.15, 0.2) is 16.6 Å². The van der Waals surface area contributed by atoms with Crippen molar-refractivity contribution in [1.82, 2.24) is 0 Å². The zero-order valence-corrected chi connectivity index (χ0v) is 21.9. The maximum atomic E-state index is 12.3. The molecule has 160 valence electrons. The average Bonchev–Trinajstić information content (AvgIpc) is 2.77. The van der Waals surface area contributed by atoms with E-state index in [1.807, 2.05) is 0 Å². The number of esters is 1. The van der Waals surface area contributed by atoms with E-state index in [9.17, 15) is 4.79 Å². The van der Waals surface area contributed by atoms with Crippen LogP contribution < -0.4 is 0 Å². The van der Waals surface area contributed by atoms with Gasteiger partial charge in [-0.05, 0) is 48.6 Å². The number of carbonyl (C=O) groups excluding carboxylic acids is 1. The SMILES string of the molecule is COC(=O)[C@H]1C[C@H](O[Si](C)(C)C(C)(C)C)[C@@H](CO[Si](C)(C)C(C)(C)C)[C@@H]1C. The predicted octanol–water partition coefficient (Wildman–Crippen LogP) is 5.84. The standard InChI is InChI=1S/C21H44O4Si2/c1-15-16(19(22)23-8)13-18(25-27(11,12)21(5,6)7)17(15)14-24-26(9,10)20(2,3)4/h15-18H,13-14H2,1-12H3/t15-,16+,17+,18+/m1/s1. The quantitative estimate of drug-likeness (QED) is 0.403. The number of methoxy groups -OCH3 is 1. The number of ether oxygens (including phenoxy) is 1. The van der Waals surface area contributed by atoms with Gasteiger partial charge in [-0.25, -0.2) is 0 Å². The predicted molar refractivity (Wildman–Crippen MR) is 118 cm³/mol. The molecule has 1 aliphatic carbocycles. The molecule has 0 aliphatic heterocycles. The number of carbonyl (C=O) groups is 1. The minimum atomic E-state index is -1.92. The van der Waals surface area contributed by atoms with Gasteiger partial charge in [-0.1, -0.05) is 48.5 Å². The van der Waals surface area contributed by atoms with Gasteiger partial charge in [-0.3, -0.25) is 4.79 Å². The zero-order chi connectivity index (χ0) is 21.4. The maximum Gasteiger partial charge on any atom is 0.309 e. The molecule has 0 N–H and O–H groups in total. The van der Waals surface area contributed by atoms with Gasteiger partial charge in [0.25, 0.3) is 0 Å². The Morgan fingerprint density at radius 2 is 1.44 bits per heavy atom. The van der Waals surface area contributed by atoms with E-state index in [0.717, 1.165) is 6.42 Å². The highest BCUT2D eigenvalue weighted by Gasteiger charge is 2.50. The van der Waals surface area contributed by atoms with Crippen LogP contribution in [0.5, 0.6) is 0 Å². The lowest BCUT2D eigenvalue weighted by atomic mass is 9.91. The Kier molecular flexibility index (Phi) is 7.63. The molecule has 27 heavy (non-hydrogen) atoms. The van der Waals surface area contributed by atoms with Crippen molar-refractivity contribution in [3.63, 3.8) is 0 Å². The van der Waals surface area contributed by atoms with Crippen LogP contribution in [0.4, 0.5) is 0 Å². The van der Waals surface area contributed by atoms with Crippen molar-refractivity contribution < 1.29 is 18.4 Å². The summed E-state index contributed by atoms with van der Waals surface area (Å²) in [6.07, 6.45) is 0.807. The fourth-order valence-corrected chi connectivity index (χ4v) is 5.63. The first-order chi connectivity index (χ1) is 11.9. The third-order valence-corrected chi connectivity index (χ3v) is 16.5. The highest BCUT2D eigenvalue weighted by Crippen LogP contribution is 2.46. The Morgan fingerprint density at radius 1 is 0.963 bits per heavy atom. The first-order valence-electron chi connectivity index (χ1n) is 10.3. The van der Waals surface area contributed by atoms with Crippen LogP contribution >= 0.6 is 0 Å². The van der Waals surface area contributed by atoms with E-state index in [2.05, 4.69) is 74.7 Å². The Hall–Kier alpha value is -0.176. The van der Waals surface area contributed by atoms with Gasteiger partial charge >= 0.3 is 5.97 Å². The Morgan fingerprint density at radius 3 is 1.85 bits per heavy atom. The molecule has 0 radical (unpaired) electrons. The molecule has 0 aromatic heterocycles. The molecule has 0 aromatic rings. The van der Waals surface area contributed by atoms with Gasteiger partial charge < -0.3 is 13.6 Å². The summed E-state index contributed by atoms with van der Waals surface area (Å²) < 4.78 is 18.4. The molecule has 0 bridgehead atoms. The molecule has 1 rings (SSSR count). The number of hydrogen-bond donors (Lipinski definition) is 0. The van der Waals surface area contributed by atoms with Crippen molar-refractivity contribution in [2.45, 2.75) is 97.3 Å². The van der Waals surface area contributed by atoms with Crippen molar-refractivity contribution in [3.05, 3.63) is 0 Å². The molecular formula is C21H44O4Si2. The Labute approximate surface area is 170 Å². The average molecular weight is 417 g/mol. The van der Waals surface area contributed by atoms with Crippen LogP contribution in [0, 0.1) is 17.8 Å². The number of rotatable bonds is 6. The largest absolute Gasteiger partial charge is 0.469 e. The van der Waals surface area contributed by atoms with E-state index >= 15 is 0 Å². The summed E-state index contributed by atoms with van der Waals surface area (Å²) in [6, 6.07) is 0. The lowest BCUT2D eigenvalue weighted by Gasteiger charge is -2.41. The molecule has 6 heteroatoms. The summed E-state index contributed by atoms with van der Waals surface area (Å²) in [4.78, 5) is 12.3. The second-order valence-corrected chi connectivity index (χ2v) is 20.9. The smallest absolute Gasteiger partial charge is 0.309 e. The summed E-state index contributed by atoms with van der Waals surface area (Å²) in [7, 11) is -2.28. The fourth-order valence-electron chi connectivity index (χ4n) is 3.21. The van der Waals surface area contributed by atoms with Gasteiger partial charge in [0.05, 0.1) is 19.1 Å². The normalized spacial score (nSPS) is 27.7. The molecule has 1 aliphatic rings. The van der Waals surface area contributed by atoms with Gasteiger partial charge in [-0.2, -0.15) is 0 Å². The van der Waals surface area contributed by atoms with Crippen molar-refractivity contribution in [3.8, 4) is 0 Å². The van der Waals surface area contributed by atoms with Gasteiger partial charge in [-0.15, -0.1) is 0 Å². The summed E-state index contributed by atoms with van der Waals surface area (Å²) in [5.74, 6) is 0.230. The van der Waals surface area contributed by atoms with Crippen LogP contribution in [0.2, 0.25) is 36.3 Å². The van der Waals surface area contributed by atoms with Crippen LogP contribution in [0.15, 0.2) is 0 Å². The first kappa shape index (κ1) is 24.9. The molecule has 0 amide bonds. The van der Waals surface area contributed by atoms with Crippen LogP contribution in [-0.2, 0) is 18.4 Å². The van der Waals surface area contributed by atoms with E-state index in [0.29, 0.717) is 6.61 Å². The van der Waals surface area contributed by atoms with E-state index in [-0.39, 0.29) is 39.9 Å². The van der Waals surface area contributed by atoms with Crippen molar-refractivity contribution in [1.29, 1.82) is 0 Å². The minimum absolute atomic E-state index is 0.0646. The van der Waals surface area contributed by atoms with E-state index in [4.69, 9.17) is 13.6 Å². The summed E-state index contributed by atoms with van der Waals surface area (Å²) in [6.45, 7) is 25.5. The minimum Gasteiger partial charge on any atom is -0.469 e. The van der Waals surface area contributed by atoms with Gasteiger partial charge in [0.2, 0.25) is 0 Å². The Bertz CT molecular complexity index is 517. The van der Waals surface area contributed by atoms with Gasteiger partial charge in [0.1, 0.15) is 0 Å². The molecule has 0 saturated heterocycles. The molecule has 0 spiro atoms. The van der Waals surface area contributed by atoms with Crippen LogP contribution in [0.3, 0.4) is 0 Å². The summed E-state index contributed by atoms with van der Waals surface area (Å²) >= 11 is 0. The highest BCUT2D eigenvalue weighted by molar-refractivity contribution is 6.74. The number of hydrogen-bond acceptors (Lipinski definition) is 4. The third-order valence-electron chi connectivity index (χ3n) is 7.47. The lowest BCUT2D eigenvalue weighted by molar-refractivity contribution is -0.146. The van der Waals surface area contributed by atoms with E-state index in [1.165, 1.54) is 7.11 Å². The maximum absolute atomic E-state index is 12.3. The van der Waals surface area contributed by atoms with Crippen LogP contribution in [0.25, 0.3) is 0 Å². The first-order valence-corrected chi connectivity index (χ1v) is 16.2. The molecular weight excluding hydrogens is 372 g/mol. The fraction of sp³-hybridized carbons (Fsp3) is 0.952. The van der Waals surface area contributed by atoms with E-state index < -0.39 is 16.6 Å². The summed E-state index contributed by atoms with van der Waals surface area (Å²) in [5, 5.41) is 0.316. The van der Waals surface area contributed by atoms with Crippen LogP contribution in [0.1, 0.15) is 54.9 Å². The second kappa shape index (κ2) is 8.29. The van der Waals surface area contributed by atoms with E-state index in [1.54, 1.807) is 0 Å². The van der Waals surface area contributed by atoms with Crippen LogP contribution in [-0.4, -0.2) is 42.4 Å². The topological polar surface area (TPSA) is 44.8 Å². The van der Waals surface area contributed by atoms with Crippen molar-refractivity contribution in [2.24, 2.45) is 17.8 Å². The van der Waals surface area contributed by atoms with Crippen molar-refractivity contribution in [2.75, 3.05) is 13.7 Å². The third kappa shape index (κ3) is 5.67. The molecule has 1 fully saturated rings. The van der Waals surface area contributed by atoms with Gasteiger partial charge in [0, 0.05) is 12.5 Å².